The molecular formula is C27H21Cl2N3O3. The van der Waals surface area contributed by atoms with Gasteiger partial charge >= 0.3 is 0 Å². The fraction of sp³-hybridized carbons (Fsp3) is 0.111. The van der Waals surface area contributed by atoms with Gasteiger partial charge in [0.25, 0.3) is 11.8 Å². The fourth-order valence-electron chi connectivity index (χ4n) is 4.27. The number of para-hydroxylation sites is 1. The average Bonchev–Trinajstić information content (AvgIpc) is 3.15. The number of nitrogens with zero attached hydrogens (tertiary/aromatic N) is 2. The molecular weight excluding hydrogens is 485 g/mol. The van der Waals surface area contributed by atoms with E-state index in [2.05, 4.69) is 5.32 Å². The van der Waals surface area contributed by atoms with Crippen LogP contribution in [0.5, 0.6) is 0 Å². The molecule has 35 heavy (non-hydrogen) atoms. The van der Waals surface area contributed by atoms with E-state index in [1.165, 1.54) is 6.07 Å². The van der Waals surface area contributed by atoms with Crippen LogP contribution in [0.1, 0.15) is 37.7 Å². The van der Waals surface area contributed by atoms with Gasteiger partial charge in [-0.3, -0.25) is 9.59 Å². The lowest BCUT2D eigenvalue weighted by Gasteiger charge is -2.23. The number of anilines is 2. The smallest absolute Gasteiger partial charge is 0.258 e. The number of nitrogens with one attached hydrogen (secondary N) is 1. The molecule has 8 heteroatoms. The summed E-state index contributed by atoms with van der Waals surface area (Å²) in [5.74, 6) is -0.524. The minimum atomic E-state index is -0.368. The SMILES string of the molecule is O=C(Nc1ccc(C(=O)N2Cc3ccc(CO)n3Cc3ccccc32)cc1)c1ccc(Cl)cc1Cl. The van der Waals surface area contributed by atoms with E-state index in [0.717, 1.165) is 22.6 Å². The van der Waals surface area contributed by atoms with Gasteiger partial charge in [-0.25, -0.2) is 0 Å². The predicted octanol–water partition coefficient (Wildman–Crippen LogP) is 5.75. The summed E-state index contributed by atoms with van der Waals surface area (Å²) >= 11 is 12.0. The summed E-state index contributed by atoms with van der Waals surface area (Å²) in [5, 5.41) is 13.2. The van der Waals surface area contributed by atoms with Gasteiger partial charge in [-0.05, 0) is 66.2 Å². The first kappa shape index (κ1) is 23.2. The average molecular weight is 506 g/mol. The van der Waals surface area contributed by atoms with Gasteiger partial charge in [0.2, 0.25) is 0 Å². The lowest BCUT2D eigenvalue weighted by Crippen LogP contribution is -2.30. The van der Waals surface area contributed by atoms with Crippen LogP contribution in [0.4, 0.5) is 11.4 Å². The summed E-state index contributed by atoms with van der Waals surface area (Å²) in [6.07, 6.45) is 0. The number of aliphatic hydroxyl groups excluding tert-OH is 1. The second-order valence-electron chi connectivity index (χ2n) is 8.24. The Morgan fingerprint density at radius 3 is 2.43 bits per heavy atom. The zero-order valence-corrected chi connectivity index (χ0v) is 20.1. The van der Waals surface area contributed by atoms with E-state index in [0.29, 0.717) is 34.9 Å². The Labute approximate surface area is 212 Å². The molecule has 0 unspecified atom stereocenters. The van der Waals surface area contributed by atoms with Crippen molar-refractivity contribution in [3.05, 3.63) is 117 Å². The van der Waals surface area contributed by atoms with Crippen molar-refractivity contribution in [2.75, 3.05) is 10.2 Å². The van der Waals surface area contributed by atoms with E-state index in [1.807, 2.05) is 41.0 Å². The van der Waals surface area contributed by atoms with Crippen LogP contribution in [0.2, 0.25) is 10.0 Å². The third kappa shape index (κ3) is 4.56. The molecule has 2 heterocycles. The van der Waals surface area contributed by atoms with Crippen LogP contribution in [0.15, 0.2) is 78.9 Å². The molecule has 0 atom stereocenters. The number of hydrogen-bond acceptors (Lipinski definition) is 3. The maximum absolute atomic E-state index is 13.6. The molecule has 1 aliphatic rings. The molecule has 0 saturated carbocycles. The van der Waals surface area contributed by atoms with Gasteiger partial charge < -0.3 is 19.9 Å². The maximum atomic E-state index is 13.6. The van der Waals surface area contributed by atoms with Gasteiger partial charge in [-0.15, -0.1) is 0 Å². The van der Waals surface area contributed by atoms with Gasteiger partial charge in [-0.1, -0.05) is 41.4 Å². The van der Waals surface area contributed by atoms with Crippen LogP contribution in [-0.4, -0.2) is 21.5 Å². The first-order valence-corrected chi connectivity index (χ1v) is 11.7. The second-order valence-corrected chi connectivity index (χ2v) is 9.08. The number of amides is 2. The predicted molar refractivity (Wildman–Crippen MR) is 137 cm³/mol. The van der Waals surface area contributed by atoms with E-state index in [-0.39, 0.29) is 23.4 Å². The summed E-state index contributed by atoms with van der Waals surface area (Å²) in [6, 6.07) is 23.0. The van der Waals surface area contributed by atoms with E-state index in [1.54, 1.807) is 41.3 Å². The highest BCUT2D eigenvalue weighted by Crippen LogP contribution is 2.30. The zero-order valence-electron chi connectivity index (χ0n) is 18.5. The highest BCUT2D eigenvalue weighted by molar-refractivity contribution is 6.37. The van der Waals surface area contributed by atoms with Crippen molar-refractivity contribution in [3.63, 3.8) is 0 Å². The van der Waals surface area contributed by atoms with Crippen molar-refractivity contribution in [3.8, 4) is 0 Å². The summed E-state index contributed by atoms with van der Waals surface area (Å²) in [4.78, 5) is 27.9. The van der Waals surface area contributed by atoms with Crippen LogP contribution in [0, 0.1) is 0 Å². The maximum Gasteiger partial charge on any atom is 0.258 e. The standard InChI is InChI=1S/C27H21Cl2N3O3/c28-19-7-12-23(24(29)13-19)26(34)30-20-8-5-17(6-9-20)27(35)32-15-21-10-11-22(16-33)31(21)14-18-3-1-2-4-25(18)32/h1-13,33H,14-16H2,(H,30,34). The quantitative estimate of drug-likeness (QED) is 0.370. The van der Waals surface area contributed by atoms with Gasteiger partial charge in [0.1, 0.15) is 0 Å². The minimum absolute atomic E-state index is 0.0650. The van der Waals surface area contributed by atoms with E-state index in [4.69, 9.17) is 23.2 Å². The molecule has 3 aromatic carbocycles. The van der Waals surface area contributed by atoms with Crippen molar-refractivity contribution in [1.29, 1.82) is 0 Å². The Bertz CT molecular complexity index is 1430. The second kappa shape index (κ2) is 9.58. The van der Waals surface area contributed by atoms with Gasteiger partial charge in [0, 0.05) is 39.9 Å². The Kier molecular flexibility index (Phi) is 6.34. The first-order valence-electron chi connectivity index (χ1n) is 11.0. The van der Waals surface area contributed by atoms with Crippen molar-refractivity contribution in [2.45, 2.75) is 19.7 Å². The van der Waals surface area contributed by atoms with Crippen LogP contribution in [0.25, 0.3) is 0 Å². The number of carbonyl (C=O) groups is 2. The number of halogens is 2. The van der Waals surface area contributed by atoms with Gasteiger partial charge in [-0.2, -0.15) is 0 Å². The molecule has 2 amide bonds. The number of fused-ring (bicyclic) bond motifs is 2. The lowest BCUT2D eigenvalue weighted by atomic mass is 10.1. The summed E-state index contributed by atoms with van der Waals surface area (Å²) in [6.45, 7) is 0.893. The summed E-state index contributed by atoms with van der Waals surface area (Å²) < 4.78 is 2.05. The summed E-state index contributed by atoms with van der Waals surface area (Å²) in [7, 11) is 0. The van der Waals surface area contributed by atoms with Crippen LogP contribution in [0.3, 0.4) is 0 Å². The number of hydrogen-bond donors (Lipinski definition) is 2. The number of rotatable bonds is 4. The Balaban J connectivity index is 1.39. The molecule has 5 rings (SSSR count). The van der Waals surface area contributed by atoms with Crippen molar-refractivity contribution in [2.24, 2.45) is 0 Å². The summed E-state index contributed by atoms with van der Waals surface area (Å²) in [5.41, 5.74) is 4.92. The van der Waals surface area contributed by atoms with Gasteiger partial charge in [0.05, 0.1) is 23.7 Å². The highest BCUT2D eigenvalue weighted by Gasteiger charge is 2.26. The highest BCUT2D eigenvalue weighted by atomic mass is 35.5. The molecule has 0 spiro atoms. The number of benzene rings is 3. The Morgan fingerprint density at radius 1 is 0.914 bits per heavy atom. The molecule has 4 aromatic rings. The zero-order chi connectivity index (χ0) is 24.5. The molecule has 176 valence electrons. The van der Waals surface area contributed by atoms with Crippen molar-refractivity contribution < 1.29 is 14.7 Å². The molecule has 1 aliphatic heterocycles. The Morgan fingerprint density at radius 2 is 1.69 bits per heavy atom. The molecule has 0 radical (unpaired) electrons. The van der Waals surface area contributed by atoms with Crippen molar-refractivity contribution in [1.82, 2.24) is 4.57 Å². The minimum Gasteiger partial charge on any atom is -0.390 e. The number of aliphatic hydroxyl groups is 1. The van der Waals surface area contributed by atoms with Gasteiger partial charge in [0.15, 0.2) is 0 Å². The largest absolute Gasteiger partial charge is 0.390 e. The molecule has 0 bridgehead atoms. The lowest BCUT2D eigenvalue weighted by molar-refractivity contribution is 0.0983. The molecule has 0 fully saturated rings. The molecule has 1 aromatic heterocycles. The normalized spacial score (nSPS) is 12.5. The third-order valence-corrected chi connectivity index (χ3v) is 6.61. The number of carbonyl (C=O) groups excluding carboxylic acids is 2. The topological polar surface area (TPSA) is 74.6 Å². The number of aromatic nitrogens is 1. The monoisotopic (exact) mass is 505 g/mol. The van der Waals surface area contributed by atoms with E-state index >= 15 is 0 Å². The molecule has 0 saturated heterocycles. The van der Waals surface area contributed by atoms with Crippen LogP contribution < -0.4 is 10.2 Å². The first-order chi connectivity index (χ1) is 16.9. The van der Waals surface area contributed by atoms with E-state index < -0.39 is 0 Å². The fourth-order valence-corrected chi connectivity index (χ4v) is 4.76. The third-order valence-electron chi connectivity index (χ3n) is 6.07. The molecule has 0 aliphatic carbocycles. The van der Waals surface area contributed by atoms with Crippen molar-refractivity contribution >= 4 is 46.4 Å². The Hall–Kier alpha value is -3.58. The molecule has 6 nitrogen and oxygen atoms in total. The molecule has 2 N–H and O–H groups in total. The van der Waals surface area contributed by atoms with Crippen LogP contribution in [-0.2, 0) is 19.7 Å². The van der Waals surface area contributed by atoms with E-state index in [9.17, 15) is 14.7 Å². The van der Waals surface area contributed by atoms with Crippen LogP contribution >= 0.6 is 23.2 Å².